The smallest absolute Gasteiger partial charge is 0.152 e. The van der Waals surface area contributed by atoms with E-state index >= 15 is 0 Å². The molecule has 2 nitrogen and oxygen atoms in total. The minimum Gasteiger partial charge on any atom is -0.229 e. The van der Waals surface area contributed by atoms with Crippen molar-refractivity contribution in [3.63, 3.8) is 0 Å². The van der Waals surface area contributed by atoms with E-state index in [4.69, 9.17) is 0 Å². The van der Waals surface area contributed by atoms with Gasteiger partial charge >= 0.3 is 0 Å². The van der Waals surface area contributed by atoms with Crippen molar-refractivity contribution in [2.24, 2.45) is 5.92 Å². The van der Waals surface area contributed by atoms with Crippen LogP contribution in [0.5, 0.6) is 0 Å². The summed E-state index contributed by atoms with van der Waals surface area (Å²) in [5, 5.41) is -0.227. The summed E-state index contributed by atoms with van der Waals surface area (Å²) in [7, 11) is -2.80. The highest BCUT2D eigenvalue weighted by atomic mass is 32.2. The van der Waals surface area contributed by atoms with Crippen molar-refractivity contribution in [3.05, 3.63) is 0 Å². The maximum atomic E-state index is 11.1. The molecule has 0 bridgehead atoms. The Morgan fingerprint density at radius 3 is 1.55 bits per heavy atom. The zero-order valence-corrected chi connectivity index (χ0v) is 7.90. The molecule has 0 aromatic carbocycles. The molecule has 70 valence electrons. The lowest BCUT2D eigenvalue weighted by Gasteiger charge is -2.08. The Balaban J connectivity index is 0. The van der Waals surface area contributed by atoms with E-state index in [1.54, 1.807) is 13.8 Å². The molecule has 3 heteroatoms. The molecule has 0 radical (unpaired) electrons. The van der Waals surface area contributed by atoms with Crippen molar-refractivity contribution < 1.29 is 8.42 Å². The Bertz CT molecular complexity index is 178. The monoisotopic (exact) mass is 180 g/mol. The van der Waals surface area contributed by atoms with Crippen molar-refractivity contribution in [1.29, 1.82) is 0 Å². The van der Waals surface area contributed by atoms with Crippen molar-refractivity contribution >= 4 is 9.84 Å². The molecule has 0 aliphatic rings. The molecule has 0 saturated carbocycles. The van der Waals surface area contributed by atoms with Crippen LogP contribution < -0.4 is 0 Å². The molecule has 0 rings (SSSR count). The van der Waals surface area contributed by atoms with Gasteiger partial charge in [-0.2, -0.15) is 0 Å². The lowest BCUT2D eigenvalue weighted by Crippen LogP contribution is -2.20. The minimum atomic E-state index is -2.80. The van der Waals surface area contributed by atoms with Crippen molar-refractivity contribution in [1.82, 2.24) is 0 Å². The Hall–Kier alpha value is -0.0500. The molecule has 0 aliphatic heterocycles. The van der Waals surface area contributed by atoms with Crippen LogP contribution in [-0.2, 0) is 9.84 Å². The Morgan fingerprint density at radius 1 is 1.09 bits per heavy atom. The highest BCUT2D eigenvalue weighted by Gasteiger charge is 2.16. The topological polar surface area (TPSA) is 34.1 Å². The maximum absolute atomic E-state index is 11.1. The van der Waals surface area contributed by atoms with E-state index in [0.29, 0.717) is 5.75 Å². The third kappa shape index (κ3) is 5.24. The second-order valence-electron chi connectivity index (χ2n) is 3.27. The second-order valence-corrected chi connectivity index (χ2v) is 5.87. The first-order valence-electron chi connectivity index (χ1n) is 3.58. The summed E-state index contributed by atoms with van der Waals surface area (Å²) in [6.45, 7) is 7.27. The first kappa shape index (κ1) is 13.5. The SMILES string of the molecule is C.CC(C)CS(=O)(=O)C(C)C. The molecular weight excluding hydrogens is 160 g/mol. The van der Waals surface area contributed by atoms with Gasteiger partial charge in [-0.15, -0.1) is 0 Å². The van der Waals surface area contributed by atoms with Gasteiger partial charge in [0.1, 0.15) is 0 Å². The van der Waals surface area contributed by atoms with Crippen molar-refractivity contribution in [2.45, 2.75) is 40.4 Å². The molecule has 0 saturated heterocycles. The molecule has 11 heavy (non-hydrogen) atoms. The fraction of sp³-hybridized carbons (Fsp3) is 1.00. The van der Waals surface area contributed by atoms with Crippen molar-refractivity contribution in [3.8, 4) is 0 Å². The zero-order valence-electron chi connectivity index (χ0n) is 7.09. The fourth-order valence-electron chi connectivity index (χ4n) is 0.657. The number of rotatable bonds is 3. The number of sulfone groups is 1. The molecular formula is C8H20O2S. The highest BCUT2D eigenvalue weighted by molar-refractivity contribution is 7.91. The lowest BCUT2D eigenvalue weighted by molar-refractivity contribution is 0.574. The Morgan fingerprint density at radius 2 is 1.45 bits per heavy atom. The van der Waals surface area contributed by atoms with Gasteiger partial charge in [0.05, 0.1) is 11.0 Å². The summed E-state index contributed by atoms with van der Waals surface area (Å²) in [4.78, 5) is 0. The average molecular weight is 180 g/mol. The summed E-state index contributed by atoms with van der Waals surface area (Å²) in [6, 6.07) is 0. The lowest BCUT2D eigenvalue weighted by atomic mass is 10.3. The van der Waals surface area contributed by atoms with Crippen molar-refractivity contribution in [2.75, 3.05) is 5.75 Å². The van der Waals surface area contributed by atoms with Gasteiger partial charge in [-0.3, -0.25) is 0 Å². The molecule has 0 fully saturated rings. The van der Waals surface area contributed by atoms with Crippen LogP contribution in [0.15, 0.2) is 0 Å². The van der Waals surface area contributed by atoms with Gasteiger partial charge in [-0.05, 0) is 19.8 Å². The van der Waals surface area contributed by atoms with E-state index in [0.717, 1.165) is 0 Å². The number of hydrogen-bond acceptors (Lipinski definition) is 2. The first-order valence-corrected chi connectivity index (χ1v) is 5.29. The normalized spacial score (nSPS) is 11.8. The fourth-order valence-corrected chi connectivity index (χ4v) is 1.97. The van der Waals surface area contributed by atoms with Crippen LogP contribution in [0.3, 0.4) is 0 Å². The Kier molecular flexibility index (Phi) is 5.85. The van der Waals surface area contributed by atoms with Crippen LogP contribution in [0.25, 0.3) is 0 Å². The van der Waals surface area contributed by atoms with Crippen LogP contribution in [0.2, 0.25) is 0 Å². The van der Waals surface area contributed by atoms with Gasteiger partial charge in [-0.1, -0.05) is 21.3 Å². The summed E-state index contributed by atoms with van der Waals surface area (Å²) in [5.74, 6) is 0.553. The molecule has 0 spiro atoms. The molecule has 0 unspecified atom stereocenters. The predicted molar refractivity (Wildman–Crippen MR) is 50.5 cm³/mol. The van der Waals surface area contributed by atoms with Gasteiger partial charge < -0.3 is 0 Å². The quantitative estimate of drug-likeness (QED) is 0.666. The molecule has 0 heterocycles. The van der Waals surface area contributed by atoms with Gasteiger partial charge in [-0.25, -0.2) is 8.42 Å². The molecule has 0 amide bonds. The van der Waals surface area contributed by atoms with Crippen LogP contribution >= 0.6 is 0 Å². The maximum Gasteiger partial charge on any atom is 0.152 e. The van der Waals surface area contributed by atoms with E-state index in [1.807, 2.05) is 13.8 Å². The highest BCUT2D eigenvalue weighted by Crippen LogP contribution is 2.05. The van der Waals surface area contributed by atoms with E-state index in [9.17, 15) is 8.42 Å². The van der Waals surface area contributed by atoms with Crippen LogP contribution in [-0.4, -0.2) is 19.4 Å². The van der Waals surface area contributed by atoms with E-state index in [-0.39, 0.29) is 18.6 Å². The average Bonchev–Trinajstić information content (AvgIpc) is 1.60. The standard InChI is InChI=1S/C7H16O2S.CH4/c1-6(2)5-10(8,9)7(3)4;/h6-7H,5H2,1-4H3;1H4. The van der Waals surface area contributed by atoms with Gasteiger partial charge in [0.25, 0.3) is 0 Å². The van der Waals surface area contributed by atoms with Gasteiger partial charge in [0.15, 0.2) is 9.84 Å². The summed E-state index contributed by atoms with van der Waals surface area (Å²) >= 11 is 0. The van der Waals surface area contributed by atoms with Crippen LogP contribution in [0.4, 0.5) is 0 Å². The molecule has 0 atom stereocenters. The van der Waals surface area contributed by atoms with E-state index in [2.05, 4.69) is 0 Å². The van der Waals surface area contributed by atoms with E-state index in [1.165, 1.54) is 0 Å². The third-order valence-electron chi connectivity index (χ3n) is 1.28. The zero-order chi connectivity index (χ0) is 8.36. The molecule has 0 N–H and O–H groups in total. The van der Waals surface area contributed by atoms with Crippen LogP contribution in [0, 0.1) is 5.92 Å². The minimum absolute atomic E-state index is 0. The first-order chi connectivity index (χ1) is 4.36. The molecule has 0 aliphatic carbocycles. The van der Waals surface area contributed by atoms with Crippen LogP contribution in [0.1, 0.15) is 35.1 Å². The molecule has 0 aromatic heterocycles. The Labute approximate surface area is 70.9 Å². The number of hydrogen-bond donors (Lipinski definition) is 0. The van der Waals surface area contributed by atoms with E-state index < -0.39 is 9.84 Å². The molecule has 0 aromatic rings. The summed E-state index contributed by atoms with van der Waals surface area (Å²) in [5.41, 5.74) is 0. The third-order valence-corrected chi connectivity index (χ3v) is 3.85. The predicted octanol–water partition coefficient (Wildman–Crippen LogP) is 2.10. The second kappa shape index (κ2) is 4.75. The van der Waals surface area contributed by atoms with Gasteiger partial charge in [0, 0.05) is 0 Å². The van der Waals surface area contributed by atoms with Gasteiger partial charge in [0.2, 0.25) is 0 Å². The summed E-state index contributed by atoms with van der Waals surface area (Å²) < 4.78 is 22.3. The summed E-state index contributed by atoms with van der Waals surface area (Å²) in [6.07, 6.45) is 0. The largest absolute Gasteiger partial charge is 0.229 e.